The first-order valence-corrected chi connectivity index (χ1v) is 7.98. The summed E-state index contributed by atoms with van der Waals surface area (Å²) in [6, 6.07) is 4.37. The van der Waals surface area contributed by atoms with E-state index in [1.54, 1.807) is 0 Å². The van der Waals surface area contributed by atoms with Gasteiger partial charge in [-0.25, -0.2) is 0 Å². The largest absolute Gasteiger partial charge is 0.493 e. The van der Waals surface area contributed by atoms with Crippen molar-refractivity contribution in [3.8, 4) is 5.75 Å². The number of thioether (sulfide) groups is 1. The van der Waals surface area contributed by atoms with Crippen LogP contribution in [0.3, 0.4) is 0 Å². The second-order valence-corrected chi connectivity index (χ2v) is 5.43. The van der Waals surface area contributed by atoms with Gasteiger partial charge in [-0.05, 0) is 49.0 Å². The molecule has 0 fully saturated rings. The van der Waals surface area contributed by atoms with Gasteiger partial charge in [0.25, 0.3) is 0 Å². The van der Waals surface area contributed by atoms with Crippen LogP contribution >= 0.6 is 27.7 Å². The molecule has 3 heteroatoms. The van der Waals surface area contributed by atoms with Crippen LogP contribution in [0.25, 0.3) is 0 Å². The maximum Gasteiger partial charge on any atom is 0.125 e. The molecular weight excluding hydrogens is 284 g/mol. The molecule has 16 heavy (non-hydrogen) atoms. The summed E-state index contributed by atoms with van der Waals surface area (Å²) in [5.41, 5.74) is 3.78. The van der Waals surface area contributed by atoms with Crippen molar-refractivity contribution in [2.24, 2.45) is 0 Å². The second kappa shape index (κ2) is 7.23. The summed E-state index contributed by atoms with van der Waals surface area (Å²) in [6.07, 6.45) is 3.24. The minimum Gasteiger partial charge on any atom is -0.493 e. The average molecular weight is 303 g/mol. The zero-order chi connectivity index (χ0) is 12.0. The Morgan fingerprint density at radius 1 is 1.25 bits per heavy atom. The fraction of sp³-hybridized carbons (Fsp3) is 0.538. The van der Waals surface area contributed by atoms with E-state index in [1.807, 2.05) is 11.8 Å². The van der Waals surface area contributed by atoms with Crippen molar-refractivity contribution < 1.29 is 4.74 Å². The van der Waals surface area contributed by atoms with Crippen molar-refractivity contribution >= 4 is 27.7 Å². The molecule has 1 nitrogen and oxygen atoms in total. The van der Waals surface area contributed by atoms with Gasteiger partial charge in [0.05, 0.1) is 6.61 Å². The average Bonchev–Trinajstić information content (AvgIpc) is 2.26. The fourth-order valence-corrected chi connectivity index (χ4v) is 2.45. The highest BCUT2D eigenvalue weighted by atomic mass is 79.9. The first-order chi connectivity index (χ1) is 7.69. The van der Waals surface area contributed by atoms with Gasteiger partial charge in [-0.1, -0.05) is 28.1 Å². The highest BCUT2D eigenvalue weighted by Crippen LogP contribution is 2.25. The molecule has 1 rings (SSSR count). The fourth-order valence-electron chi connectivity index (χ4n) is 1.72. The van der Waals surface area contributed by atoms with Crippen LogP contribution in [0, 0.1) is 13.8 Å². The zero-order valence-corrected chi connectivity index (χ0v) is 12.6. The molecule has 0 unspecified atom stereocenters. The number of ether oxygens (including phenoxy) is 1. The van der Waals surface area contributed by atoms with E-state index in [9.17, 15) is 0 Å². The van der Waals surface area contributed by atoms with Gasteiger partial charge < -0.3 is 4.74 Å². The summed E-state index contributed by atoms with van der Waals surface area (Å²) in [5, 5.41) is 0.904. The molecule has 0 aliphatic carbocycles. The lowest BCUT2D eigenvalue weighted by Gasteiger charge is -2.13. The van der Waals surface area contributed by atoms with Crippen LogP contribution in [-0.2, 0) is 5.33 Å². The number of halogens is 1. The van der Waals surface area contributed by atoms with Crippen LogP contribution in [0.1, 0.15) is 23.1 Å². The third-order valence-corrected chi connectivity index (χ3v) is 3.76. The SMILES string of the molecule is CSCCCOc1c(C)cc(CBr)cc1C. The van der Waals surface area contributed by atoms with E-state index in [0.29, 0.717) is 0 Å². The van der Waals surface area contributed by atoms with Crippen LogP contribution in [0.5, 0.6) is 5.75 Å². The van der Waals surface area contributed by atoms with Crippen molar-refractivity contribution in [2.75, 3.05) is 18.6 Å². The molecule has 0 aliphatic heterocycles. The monoisotopic (exact) mass is 302 g/mol. The van der Waals surface area contributed by atoms with Gasteiger partial charge in [0.2, 0.25) is 0 Å². The van der Waals surface area contributed by atoms with E-state index in [2.05, 4.69) is 48.2 Å². The maximum absolute atomic E-state index is 5.84. The molecule has 90 valence electrons. The minimum absolute atomic E-state index is 0.816. The molecule has 0 spiro atoms. The van der Waals surface area contributed by atoms with Crippen molar-refractivity contribution in [1.29, 1.82) is 0 Å². The Hall–Kier alpha value is -0.150. The van der Waals surface area contributed by atoms with Gasteiger partial charge in [0.1, 0.15) is 5.75 Å². The van der Waals surface area contributed by atoms with Crippen molar-refractivity contribution in [3.63, 3.8) is 0 Å². The van der Waals surface area contributed by atoms with E-state index in [1.165, 1.54) is 16.7 Å². The Morgan fingerprint density at radius 3 is 2.38 bits per heavy atom. The lowest BCUT2D eigenvalue weighted by molar-refractivity contribution is 0.314. The number of benzene rings is 1. The molecular formula is C13H19BrOS. The summed E-state index contributed by atoms with van der Waals surface area (Å²) in [4.78, 5) is 0. The Morgan fingerprint density at radius 2 is 1.88 bits per heavy atom. The highest BCUT2D eigenvalue weighted by molar-refractivity contribution is 9.08. The summed E-state index contributed by atoms with van der Waals surface area (Å²) < 4.78 is 5.84. The Labute approximate surface area is 111 Å². The van der Waals surface area contributed by atoms with E-state index in [0.717, 1.165) is 29.9 Å². The van der Waals surface area contributed by atoms with E-state index in [-0.39, 0.29) is 0 Å². The second-order valence-electron chi connectivity index (χ2n) is 3.89. The summed E-state index contributed by atoms with van der Waals surface area (Å²) in [7, 11) is 0. The lowest BCUT2D eigenvalue weighted by atomic mass is 10.1. The van der Waals surface area contributed by atoms with Gasteiger partial charge in [0, 0.05) is 5.33 Å². The Kier molecular flexibility index (Phi) is 6.29. The molecule has 0 amide bonds. The normalized spacial score (nSPS) is 10.5. The third-order valence-electron chi connectivity index (χ3n) is 2.41. The zero-order valence-electron chi connectivity index (χ0n) is 10.2. The first-order valence-electron chi connectivity index (χ1n) is 5.47. The number of alkyl halides is 1. The Balaban J connectivity index is 2.65. The van der Waals surface area contributed by atoms with Gasteiger partial charge in [-0.15, -0.1) is 0 Å². The van der Waals surface area contributed by atoms with Crippen LogP contribution < -0.4 is 4.74 Å². The van der Waals surface area contributed by atoms with Gasteiger partial charge >= 0.3 is 0 Å². The summed E-state index contributed by atoms with van der Waals surface area (Å²) in [5.74, 6) is 2.23. The quantitative estimate of drug-likeness (QED) is 0.571. The molecule has 0 saturated heterocycles. The van der Waals surface area contributed by atoms with E-state index in [4.69, 9.17) is 4.74 Å². The highest BCUT2D eigenvalue weighted by Gasteiger charge is 2.05. The lowest BCUT2D eigenvalue weighted by Crippen LogP contribution is -2.02. The summed E-state index contributed by atoms with van der Waals surface area (Å²) >= 11 is 5.35. The van der Waals surface area contributed by atoms with Crippen LogP contribution in [0.4, 0.5) is 0 Å². The molecule has 1 aromatic rings. The third kappa shape index (κ3) is 4.02. The summed E-state index contributed by atoms with van der Waals surface area (Å²) in [6.45, 7) is 5.04. The smallest absolute Gasteiger partial charge is 0.125 e. The Bertz CT molecular complexity index is 316. The molecule has 0 heterocycles. The predicted octanol–water partition coefficient (Wildman–Crippen LogP) is 4.33. The van der Waals surface area contributed by atoms with E-state index >= 15 is 0 Å². The van der Waals surface area contributed by atoms with E-state index < -0.39 is 0 Å². The standard InChI is InChI=1S/C13H19BrOS/c1-10-7-12(9-14)8-11(2)13(10)15-5-4-6-16-3/h7-8H,4-6,9H2,1-3H3. The molecule has 0 radical (unpaired) electrons. The molecule has 0 bridgehead atoms. The number of hydrogen-bond acceptors (Lipinski definition) is 2. The van der Waals surface area contributed by atoms with Crippen LogP contribution in [0.15, 0.2) is 12.1 Å². The predicted molar refractivity (Wildman–Crippen MR) is 77.0 cm³/mol. The topological polar surface area (TPSA) is 9.23 Å². The van der Waals surface area contributed by atoms with Crippen molar-refractivity contribution in [1.82, 2.24) is 0 Å². The minimum atomic E-state index is 0.816. The van der Waals surface area contributed by atoms with Crippen molar-refractivity contribution in [3.05, 3.63) is 28.8 Å². The molecule has 0 aromatic heterocycles. The van der Waals surface area contributed by atoms with Crippen LogP contribution in [0.2, 0.25) is 0 Å². The van der Waals surface area contributed by atoms with Crippen molar-refractivity contribution in [2.45, 2.75) is 25.6 Å². The first kappa shape index (κ1) is 13.9. The van der Waals surface area contributed by atoms with Crippen LogP contribution in [-0.4, -0.2) is 18.6 Å². The van der Waals surface area contributed by atoms with Gasteiger partial charge in [-0.3, -0.25) is 0 Å². The molecule has 1 aromatic carbocycles. The number of aryl methyl sites for hydroxylation is 2. The molecule has 0 atom stereocenters. The molecule has 0 N–H and O–H groups in total. The molecule has 0 aliphatic rings. The number of rotatable bonds is 6. The number of hydrogen-bond donors (Lipinski definition) is 0. The van der Waals surface area contributed by atoms with Gasteiger partial charge in [0.15, 0.2) is 0 Å². The maximum atomic E-state index is 5.84. The molecule has 0 saturated carbocycles. The van der Waals surface area contributed by atoms with Gasteiger partial charge in [-0.2, -0.15) is 11.8 Å².